The van der Waals surface area contributed by atoms with E-state index in [-0.39, 0.29) is 18.3 Å². The van der Waals surface area contributed by atoms with Gasteiger partial charge in [-0.2, -0.15) is 0 Å². The lowest BCUT2D eigenvalue weighted by atomic mass is 10.2. The molecule has 0 fully saturated rings. The first kappa shape index (κ1) is 23.4. The lowest BCUT2D eigenvalue weighted by Crippen LogP contribution is -2.15. The number of nitrogens with one attached hydrogen (secondary N) is 1. The Morgan fingerprint density at radius 3 is 2.56 bits per heavy atom. The maximum atomic E-state index is 12.7. The zero-order chi connectivity index (χ0) is 24.7. The van der Waals surface area contributed by atoms with Gasteiger partial charge in [0.25, 0.3) is 0 Å². The van der Waals surface area contributed by atoms with Crippen LogP contribution in [-0.2, 0) is 11.4 Å². The number of rotatable bonds is 9. The minimum atomic E-state index is -0.174. The van der Waals surface area contributed by atoms with Gasteiger partial charge in [0.05, 0.1) is 18.6 Å². The summed E-state index contributed by atoms with van der Waals surface area (Å²) in [5.41, 5.74) is 2.28. The molecule has 0 aliphatic heterocycles. The Bertz CT molecular complexity index is 1480. The molecule has 8 nitrogen and oxygen atoms in total. The van der Waals surface area contributed by atoms with Gasteiger partial charge in [-0.1, -0.05) is 60.3 Å². The summed E-state index contributed by atoms with van der Waals surface area (Å²) < 4.78 is 13.3. The van der Waals surface area contributed by atoms with Crippen molar-refractivity contribution < 1.29 is 14.3 Å². The molecule has 0 bridgehead atoms. The van der Waals surface area contributed by atoms with Crippen molar-refractivity contribution in [2.45, 2.75) is 11.8 Å². The first-order valence-corrected chi connectivity index (χ1v) is 12.2. The molecule has 180 valence electrons. The van der Waals surface area contributed by atoms with Gasteiger partial charge in [0.15, 0.2) is 11.0 Å². The van der Waals surface area contributed by atoms with Crippen molar-refractivity contribution in [2.24, 2.45) is 0 Å². The maximum Gasteiger partial charge on any atom is 0.234 e. The SMILES string of the molecule is COc1ccccc1NC(=O)CSc1nnc(COc2cccc3cccnc23)n1-c1ccccc1. The highest BCUT2D eigenvalue weighted by Gasteiger charge is 2.17. The Kier molecular flexibility index (Phi) is 7.09. The highest BCUT2D eigenvalue weighted by atomic mass is 32.2. The molecule has 3 aromatic carbocycles. The van der Waals surface area contributed by atoms with Crippen LogP contribution in [-0.4, -0.2) is 38.5 Å². The predicted octanol–water partition coefficient (Wildman–Crippen LogP) is 5.13. The number of hydrogen-bond acceptors (Lipinski definition) is 7. The van der Waals surface area contributed by atoms with Gasteiger partial charge in [-0.05, 0) is 36.4 Å². The third-order valence-corrected chi connectivity index (χ3v) is 6.31. The number of carbonyl (C=O) groups excluding carboxylic acids is 1. The maximum absolute atomic E-state index is 12.7. The number of fused-ring (bicyclic) bond motifs is 1. The average molecular weight is 498 g/mol. The van der Waals surface area contributed by atoms with E-state index in [0.717, 1.165) is 16.6 Å². The van der Waals surface area contributed by atoms with Gasteiger partial charge in [0.1, 0.15) is 23.6 Å². The number of pyridine rings is 1. The number of benzene rings is 3. The number of ether oxygens (including phenoxy) is 2. The summed E-state index contributed by atoms with van der Waals surface area (Å²) in [4.78, 5) is 17.1. The number of amides is 1. The standard InChI is InChI=1S/C27H23N5O3S/c1-34-22-14-6-5-13-21(22)29-25(33)18-36-27-31-30-24(32(27)20-11-3-2-4-12-20)17-35-23-15-7-9-19-10-8-16-28-26(19)23/h2-16H,17-18H2,1H3,(H,29,33). The molecule has 0 atom stereocenters. The molecule has 0 saturated carbocycles. The van der Waals surface area contributed by atoms with E-state index >= 15 is 0 Å². The molecule has 1 amide bonds. The van der Waals surface area contributed by atoms with Crippen LogP contribution in [0.15, 0.2) is 96.3 Å². The Morgan fingerprint density at radius 2 is 1.69 bits per heavy atom. The van der Waals surface area contributed by atoms with Crippen LogP contribution >= 0.6 is 11.8 Å². The number of nitrogens with zero attached hydrogens (tertiary/aromatic N) is 4. The first-order valence-electron chi connectivity index (χ1n) is 11.2. The molecule has 9 heteroatoms. The molecule has 0 spiro atoms. The molecular weight excluding hydrogens is 474 g/mol. The number of aromatic nitrogens is 4. The molecule has 36 heavy (non-hydrogen) atoms. The monoisotopic (exact) mass is 497 g/mol. The lowest BCUT2D eigenvalue weighted by molar-refractivity contribution is -0.113. The minimum Gasteiger partial charge on any atom is -0.495 e. The van der Waals surface area contributed by atoms with E-state index in [4.69, 9.17) is 9.47 Å². The van der Waals surface area contributed by atoms with Crippen molar-refractivity contribution in [3.05, 3.63) is 97.0 Å². The van der Waals surface area contributed by atoms with Crippen LogP contribution in [0.5, 0.6) is 11.5 Å². The molecule has 0 radical (unpaired) electrons. The topological polar surface area (TPSA) is 91.2 Å². The van der Waals surface area contributed by atoms with Crippen molar-refractivity contribution >= 4 is 34.3 Å². The highest BCUT2D eigenvalue weighted by Crippen LogP contribution is 2.27. The second-order valence-electron chi connectivity index (χ2n) is 7.73. The summed E-state index contributed by atoms with van der Waals surface area (Å²) in [7, 11) is 1.57. The predicted molar refractivity (Wildman–Crippen MR) is 140 cm³/mol. The second kappa shape index (κ2) is 10.9. The average Bonchev–Trinajstić information content (AvgIpc) is 3.34. The van der Waals surface area contributed by atoms with E-state index in [1.54, 1.807) is 25.4 Å². The quantitative estimate of drug-likeness (QED) is 0.282. The van der Waals surface area contributed by atoms with Gasteiger partial charge in [0.2, 0.25) is 5.91 Å². The van der Waals surface area contributed by atoms with E-state index in [2.05, 4.69) is 20.5 Å². The number of para-hydroxylation sites is 4. The lowest BCUT2D eigenvalue weighted by Gasteiger charge is -2.12. The normalized spacial score (nSPS) is 10.8. The van der Waals surface area contributed by atoms with E-state index in [1.807, 2.05) is 77.4 Å². The third kappa shape index (κ3) is 5.16. The van der Waals surface area contributed by atoms with E-state index in [0.29, 0.717) is 28.2 Å². The Labute approximate surface area is 212 Å². The second-order valence-corrected chi connectivity index (χ2v) is 8.67. The fourth-order valence-corrected chi connectivity index (χ4v) is 4.49. The number of methoxy groups -OCH3 is 1. The van der Waals surface area contributed by atoms with Gasteiger partial charge in [-0.15, -0.1) is 10.2 Å². The van der Waals surface area contributed by atoms with Crippen molar-refractivity contribution in [1.29, 1.82) is 0 Å². The molecule has 0 saturated heterocycles. The zero-order valence-corrected chi connectivity index (χ0v) is 20.3. The summed E-state index contributed by atoms with van der Waals surface area (Å²) in [6, 6.07) is 26.7. The van der Waals surface area contributed by atoms with Crippen LogP contribution in [0.2, 0.25) is 0 Å². The Hall–Kier alpha value is -4.37. The molecular formula is C27H23N5O3S. The minimum absolute atomic E-state index is 0.150. The van der Waals surface area contributed by atoms with E-state index in [1.165, 1.54) is 11.8 Å². The van der Waals surface area contributed by atoms with Crippen LogP contribution in [0, 0.1) is 0 Å². The van der Waals surface area contributed by atoms with E-state index < -0.39 is 0 Å². The van der Waals surface area contributed by atoms with Crippen molar-refractivity contribution in [3.8, 4) is 17.2 Å². The van der Waals surface area contributed by atoms with Crippen molar-refractivity contribution in [1.82, 2.24) is 19.7 Å². The van der Waals surface area contributed by atoms with Gasteiger partial charge >= 0.3 is 0 Å². The van der Waals surface area contributed by atoms with Gasteiger partial charge < -0.3 is 14.8 Å². The molecule has 1 N–H and O–H groups in total. The summed E-state index contributed by atoms with van der Waals surface area (Å²) in [6.45, 7) is 0.186. The Morgan fingerprint density at radius 1 is 0.917 bits per heavy atom. The van der Waals surface area contributed by atoms with Gasteiger partial charge in [-0.3, -0.25) is 14.3 Å². The van der Waals surface area contributed by atoms with Crippen molar-refractivity contribution in [2.75, 3.05) is 18.2 Å². The molecule has 5 rings (SSSR count). The smallest absolute Gasteiger partial charge is 0.234 e. The molecule has 5 aromatic rings. The highest BCUT2D eigenvalue weighted by molar-refractivity contribution is 7.99. The largest absolute Gasteiger partial charge is 0.495 e. The fourth-order valence-electron chi connectivity index (χ4n) is 3.72. The van der Waals surface area contributed by atoms with Gasteiger partial charge in [0, 0.05) is 17.3 Å². The molecule has 0 unspecified atom stereocenters. The number of hydrogen-bond donors (Lipinski definition) is 1. The summed E-state index contributed by atoms with van der Waals surface area (Å²) in [5.74, 6) is 1.86. The molecule has 0 aliphatic carbocycles. The van der Waals surface area contributed by atoms with Crippen LogP contribution < -0.4 is 14.8 Å². The number of carbonyl (C=O) groups is 1. The zero-order valence-electron chi connectivity index (χ0n) is 19.5. The van der Waals surface area contributed by atoms with Crippen LogP contribution in [0.25, 0.3) is 16.6 Å². The fraction of sp³-hybridized carbons (Fsp3) is 0.111. The number of thioether (sulfide) groups is 1. The summed E-state index contributed by atoms with van der Waals surface area (Å²) >= 11 is 1.30. The summed E-state index contributed by atoms with van der Waals surface area (Å²) in [5, 5.41) is 13.2. The van der Waals surface area contributed by atoms with Crippen LogP contribution in [0.4, 0.5) is 5.69 Å². The van der Waals surface area contributed by atoms with Crippen molar-refractivity contribution in [3.63, 3.8) is 0 Å². The first-order chi connectivity index (χ1) is 17.7. The summed E-state index contributed by atoms with van der Waals surface area (Å²) in [6.07, 6.45) is 1.74. The van der Waals surface area contributed by atoms with Crippen LogP contribution in [0.1, 0.15) is 5.82 Å². The molecule has 2 heterocycles. The number of anilines is 1. The van der Waals surface area contributed by atoms with Crippen LogP contribution in [0.3, 0.4) is 0 Å². The van der Waals surface area contributed by atoms with Gasteiger partial charge in [-0.25, -0.2) is 0 Å². The Balaban J connectivity index is 1.35. The molecule has 2 aromatic heterocycles. The molecule has 0 aliphatic rings. The third-order valence-electron chi connectivity index (χ3n) is 5.38. The van der Waals surface area contributed by atoms with E-state index in [9.17, 15) is 4.79 Å².